The molecule has 1 saturated carbocycles. The number of carbonyl (C=O) groups excluding carboxylic acids is 1. The van der Waals surface area contributed by atoms with Crippen LogP contribution in [-0.2, 0) is 9.59 Å². The van der Waals surface area contributed by atoms with Crippen molar-refractivity contribution in [2.24, 2.45) is 5.92 Å². The molecule has 2 fully saturated rings. The van der Waals surface area contributed by atoms with E-state index < -0.39 is 11.9 Å². The maximum absolute atomic E-state index is 12.2. The number of amides is 1. The Bertz CT molecular complexity index is 326. The lowest BCUT2D eigenvalue weighted by Gasteiger charge is -2.26. The van der Waals surface area contributed by atoms with E-state index in [2.05, 4.69) is 5.32 Å². The molecule has 3 unspecified atom stereocenters. The molecule has 2 rings (SSSR count). The summed E-state index contributed by atoms with van der Waals surface area (Å²) >= 11 is 1.69. The van der Waals surface area contributed by atoms with Crippen molar-refractivity contribution in [3.8, 4) is 0 Å². The van der Waals surface area contributed by atoms with Gasteiger partial charge < -0.3 is 10.4 Å². The molecular formula is C12H19NO3S. The summed E-state index contributed by atoms with van der Waals surface area (Å²) in [6.45, 7) is 1.96. The summed E-state index contributed by atoms with van der Waals surface area (Å²) in [5.41, 5.74) is 0. The molecule has 2 N–H and O–H groups in total. The van der Waals surface area contributed by atoms with Crippen LogP contribution < -0.4 is 5.32 Å². The zero-order chi connectivity index (χ0) is 12.5. The van der Waals surface area contributed by atoms with Crippen LogP contribution in [0.5, 0.6) is 0 Å². The zero-order valence-corrected chi connectivity index (χ0v) is 10.9. The third kappa shape index (κ3) is 2.59. The van der Waals surface area contributed by atoms with E-state index in [0.717, 1.165) is 31.4 Å². The maximum Gasteiger partial charge on any atom is 0.308 e. The van der Waals surface area contributed by atoms with Crippen molar-refractivity contribution >= 4 is 23.6 Å². The summed E-state index contributed by atoms with van der Waals surface area (Å²) in [6, 6.07) is -0.168. The summed E-state index contributed by atoms with van der Waals surface area (Å²) in [4.78, 5) is 23.2. The van der Waals surface area contributed by atoms with E-state index in [9.17, 15) is 9.59 Å². The topological polar surface area (TPSA) is 66.4 Å². The molecule has 1 aliphatic carbocycles. The SMILES string of the molecule is CC1(C(=O)NC2CCCC2C(=O)O)CCCS1. The molecule has 3 atom stereocenters. The van der Waals surface area contributed by atoms with Gasteiger partial charge in [-0.3, -0.25) is 9.59 Å². The highest BCUT2D eigenvalue weighted by atomic mass is 32.2. The molecule has 1 saturated heterocycles. The van der Waals surface area contributed by atoms with Gasteiger partial charge in [-0.15, -0.1) is 11.8 Å². The van der Waals surface area contributed by atoms with Gasteiger partial charge in [-0.2, -0.15) is 0 Å². The number of hydrogen-bond acceptors (Lipinski definition) is 3. The smallest absolute Gasteiger partial charge is 0.308 e. The first-order chi connectivity index (χ1) is 8.03. The van der Waals surface area contributed by atoms with Gasteiger partial charge in [0, 0.05) is 6.04 Å². The fourth-order valence-corrected chi connectivity index (χ4v) is 3.93. The van der Waals surface area contributed by atoms with Crippen LogP contribution in [0.1, 0.15) is 39.0 Å². The summed E-state index contributed by atoms with van der Waals surface area (Å²) in [5, 5.41) is 12.0. The van der Waals surface area contributed by atoms with Crippen LogP contribution in [0.2, 0.25) is 0 Å². The normalized spacial score (nSPS) is 37.0. The summed E-state index contributed by atoms with van der Waals surface area (Å²) < 4.78 is -0.342. The first-order valence-electron chi connectivity index (χ1n) is 6.21. The average molecular weight is 257 g/mol. The summed E-state index contributed by atoms with van der Waals surface area (Å²) in [7, 11) is 0. The number of carboxylic acids is 1. The van der Waals surface area contributed by atoms with Crippen molar-refractivity contribution in [2.45, 2.75) is 49.8 Å². The lowest BCUT2D eigenvalue weighted by Crippen LogP contribution is -2.48. The monoisotopic (exact) mass is 257 g/mol. The molecule has 0 bridgehead atoms. The third-order valence-electron chi connectivity index (χ3n) is 3.85. The molecule has 0 aromatic rings. The second-order valence-electron chi connectivity index (χ2n) is 5.14. The van der Waals surface area contributed by atoms with E-state index in [1.54, 1.807) is 11.8 Å². The van der Waals surface area contributed by atoms with E-state index in [0.29, 0.717) is 6.42 Å². The summed E-state index contributed by atoms with van der Waals surface area (Å²) in [5.74, 6) is -0.124. The highest BCUT2D eigenvalue weighted by Gasteiger charge is 2.41. The minimum absolute atomic E-state index is 0.0261. The highest BCUT2D eigenvalue weighted by Crippen LogP contribution is 2.38. The number of aliphatic carboxylic acids is 1. The quantitative estimate of drug-likeness (QED) is 0.806. The van der Waals surface area contributed by atoms with Gasteiger partial charge in [0.15, 0.2) is 0 Å². The van der Waals surface area contributed by atoms with E-state index in [1.165, 1.54) is 0 Å². The Morgan fingerprint density at radius 2 is 2.12 bits per heavy atom. The predicted molar refractivity (Wildman–Crippen MR) is 67.0 cm³/mol. The molecule has 96 valence electrons. The zero-order valence-electron chi connectivity index (χ0n) is 10.1. The van der Waals surface area contributed by atoms with Crippen molar-refractivity contribution in [3.05, 3.63) is 0 Å². The Hall–Kier alpha value is -0.710. The van der Waals surface area contributed by atoms with Crippen molar-refractivity contribution in [1.82, 2.24) is 5.32 Å². The van der Waals surface area contributed by atoms with Gasteiger partial charge in [0.2, 0.25) is 5.91 Å². The van der Waals surface area contributed by atoms with Gasteiger partial charge in [0.05, 0.1) is 10.7 Å². The maximum atomic E-state index is 12.2. The van der Waals surface area contributed by atoms with Gasteiger partial charge in [0.1, 0.15) is 0 Å². The number of carboxylic acid groups (broad SMARTS) is 1. The fourth-order valence-electron chi connectivity index (χ4n) is 2.71. The second-order valence-corrected chi connectivity index (χ2v) is 6.74. The van der Waals surface area contributed by atoms with Gasteiger partial charge in [-0.25, -0.2) is 0 Å². The minimum Gasteiger partial charge on any atom is -0.481 e. The Labute approximate surface area is 106 Å². The van der Waals surface area contributed by atoms with Crippen LogP contribution in [-0.4, -0.2) is 33.5 Å². The Morgan fingerprint density at radius 1 is 1.35 bits per heavy atom. The van der Waals surface area contributed by atoms with E-state index in [1.807, 2.05) is 6.92 Å². The van der Waals surface area contributed by atoms with Crippen molar-refractivity contribution < 1.29 is 14.7 Å². The van der Waals surface area contributed by atoms with Crippen molar-refractivity contribution in [1.29, 1.82) is 0 Å². The molecule has 0 aromatic carbocycles. The van der Waals surface area contributed by atoms with E-state index >= 15 is 0 Å². The molecule has 5 heteroatoms. The van der Waals surface area contributed by atoms with Crippen LogP contribution in [0.25, 0.3) is 0 Å². The Morgan fingerprint density at radius 3 is 2.71 bits per heavy atom. The number of thioether (sulfide) groups is 1. The Kier molecular flexibility index (Phi) is 3.66. The van der Waals surface area contributed by atoms with E-state index in [-0.39, 0.29) is 16.7 Å². The van der Waals surface area contributed by atoms with E-state index in [4.69, 9.17) is 5.11 Å². The Balaban J connectivity index is 1.96. The van der Waals surface area contributed by atoms with Gasteiger partial charge >= 0.3 is 5.97 Å². The fraction of sp³-hybridized carbons (Fsp3) is 0.833. The third-order valence-corrected chi connectivity index (χ3v) is 5.37. The van der Waals surface area contributed by atoms with Crippen LogP contribution in [0, 0.1) is 5.92 Å². The molecule has 0 spiro atoms. The molecule has 17 heavy (non-hydrogen) atoms. The number of hydrogen-bond donors (Lipinski definition) is 2. The number of carbonyl (C=O) groups is 2. The second kappa shape index (κ2) is 4.88. The van der Waals surface area contributed by atoms with Gasteiger partial charge in [-0.05, 0) is 38.4 Å². The lowest BCUT2D eigenvalue weighted by molar-refractivity contribution is -0.142. The minimum atomic E-state index is -0.781. The molecule has 1 heterocycles. The molecular weight excluding hydrogens is 238 g/mol. The van der Waals surface area contributed by atoms with Crippen molar-refractivity contribution in [2.75, 3.05) is 5.75 Å². The highest BCUT2D eigenvalue weighted by molar-refractivity contribution is 8.01. The van der Waals surface area contributed by atoms with Crippen LogP contribution in [0.15, 0.2) is 0 Å². The summed E-state index contributed by atoms with van der Waals surface area (Å²) in [6.07, 6.45) is 4.34. The van der Waals surface area contributed by atoms with Crippen molar-refractivity contribution in [3.63, 3.8) is 0 Å². The molecule has 4 nitrogen and oxygen atoms in total. The van der Waals surface area contributed by atoms with Crippen LogP contribution in [0.4, 0.5) is 0 Å². The predicted octanol–water partition coefficient (Wildman–Crippen LogP) is 1.64. The standard InChI is InChI=1S/C12H19NO3S/c1-12(6-3-7-17-12)11(16)13-9-5-2-4-8(9)10(14)15/h8-9H,2-7H2,1H3,(H,13,16)(H,14,15). The first kappa shape index (κ1) is 12.7. The van der Waals surface area contributed by atoms with Gasteiger partial charge in [0.25, 0.3) is 0 Å². The number of rotatable bonds is 3. The van der Waals surface area contributed by atoms with Gasteiger partial charge in [-0.1, -0.05) is 6.42 Å². The largest absolute Gasteiger partial charge is 0.481 e. The molecule has 0 radical (unpaired) electrons. The lowest BCUT2D eigenvalue weighted by atomic mass is 10.0. The van der Waals surface area contributed by atoms with Crippen LogP contribution in [0.3, 0.4) is 0 Å². The number of nitrogens with one attached hydrogen (secondary N) is 1. The average Bonchev–Trinajstić information content (AvgIpc) is 2.87. The molecule has 1 amide bonds. The van der Waals surface area contributed by atoms with Crippen LogP contribution >= 0.6 is 11.8 Å². The molecule has 1 aliphatic heterocycles. The first-order valence-corrected chi connectivity index (χ1v) is 7.19. The molecule has 0 aromatic heterocycles. The molecule has 2 aliphatic rings.